The van der Waals surface area contributed by atoms with Gasteiger partial charge in [-0.2, -0.15) is 8.42 Å². The Morgan fingerprint density at radius 1 is 0.420 bits per heavy atom. The Kier molecular flexibility index (Phi) is 27.0. The van der Waals surface area contributed by atoms with E-state index in [1.54, 1.807) is 0 Å². The van der Waals surface area contributed by atoms with E-state index in [0.717, 1.165) is 36.6 Å². The van der Waals surface area contributed by atoms with E-state index in [2.05, 4.69) is 19.9 Å². The molecule has 0 saturated carbocycles. The lowest BCUT2D eigenvalue weighted by molar-refractivity contribution is 0.482. The zero-order chi connectivity index (χ0) is 36.0. The lowest BCUT2D eigenvalue weighted by atomic mass is 9.98. The molecule has 0 unspecified atom stereocenters. The monoisotopic (exact) mass is 713 g/mol. The molecule has 1 N–H and O–H groups in total. The third-order valence-corrected chi connectivity index (χ3v) is 12.0. The van der Waals surface area contributed by atoms with Crippen molar-refractivity contribution in [1.29, 1.82) is 0 Å². The molecule has 0 bridgehead atoms. The summed E-state index contributed by atoms with van der Waals surface area (Å²) in [4.78, 5) is 0.143. The van der Waals surface area contributed by atoms with Gasteiger partial charge in [-0.25, -0.2) is 0 Å². The van der Waals surface area contributed by atoms with Gasteiger partial charge in [-0.1, -0.05) is 231 Å². The van der Waals surface area contributed by atoms with Crippen LogP contribution in [0.3, 0.4) is 0 Å². The van der Waals surface area contributed by atoms with Gasteiger partial charge in [0.2, 0.25) is 0 Å². The fourth-order valence-corrected chi connectivity index (χ4v) is 8.74. The van der Waals surface area contributed by atoms with Crippen LogP contribution in [-0.4, -0.2) is 13.0 Å². The second kappa shape index (κ2) is 30.1. The second-order valence-electron chi connectivity index (χ2n) is 15.7. The topological polar surface area (TPSA) is 54.4 Å². The first-order valence-electron chi connectivity index (χ1n) is 22.0. The molecule has 0 aliphatic heterocycles. The molecule has 2 aromatic carbocycles. The average molecular weight is 713 g/mol. The highest BCUT2D eigenvalue weighted by atomic mass is 32.2. The minimum absolute atomic E-state index is 0.143. The molecule has 0 spiro atoms. The minimum Gasteiger partial charge on any atom is -0.282 e. The fraction of sp³-hybridized carbons (Fsp3) is 0.783. The van der Waals surface area contributed by atoms with Crippen molar-refractivity contribution in [3.05, 3.63) is 41.5 Å². The smallest absolute Gasteiger partial charge is 0.282 e. The summed E-state index contributed by atoms with van der Waals surface area (Å²) in [6, 6.07) is 10.2. The molecule has 50 heavy (non-hydrogen) atoms. The summed E-state index contributed by atoms with van der Waals surface area (Å²) in [6.07, 6.45) is 44.6. The molecule has 4 heteroatoms. The van der Waals surface area contributed by atoms with E-state index < -0.39 is 10.1 Å². The van der Waals surface area contributed by atoms with Crippen LogP contribution in [0.5, 0.6) is 0 Å². The molecule has 0 atom stereocenters. The van der Waals surface area contributed by atoms with Crippen LogP contribution in [0.2, 0.25) is 0 Å². The molecule has 0 aliphatic rings. The lowest BCUT2D eigenvalue weighted by Gasteiger charge is -2.12. The van der Waals surface area contributed by atoms with E-state index in [0.29, 0.717) is 11.8 Å². The third kappa shape index (κ3) is 21.9. The van der Waals surface area contributed by atoms with Gasteiger partial charge >= 0.3 is 0 Å². The molecule has 2 aromatic rings. The Labute approximate surface area is 311 Å². The molecule has 0 saturated heterocycles. The van der Waals surface area contributed by atoms with Crippen molar-refractivity contribution in [2.45, 2.75) is 237 Å². The fourth-order valence-electron chi connectivity index (χ4n) is 7.78. The molecule has 0 fully saturated rings. The van der Waals surface area contributed by atoms with Crippen LogP contribution < -0.4 is 0 Å². The van der Waals surface area contributed by atoms with Crippen LogP contribution in [-0.2, 0) is 23.0 Å². The van der Waals surface area contributed by atoms with Crippen molar-refractivity contribution in [2.75, 3.05) is 0 Å². The average Bonchev–Trinajstić information content (AvgIpc) is 3.10. The molecule has 2 rings (SSSR count). The summed E-state index contributed by atoms with van der Waals surface area (Å²) in [7, 11) is -4.30. The van der Waals surface area contributed by atoms with E-state index in [-0.39, 0.29) is 4.90 Å². The Morgan fingerprint density at radius 2 is 0.740 bits per heavy atom. The van der Waals surface area contributed by atoms with E-state index in [1.807, 2.05) is 24.3 Å². The summed E-state index contributed by atoms with van der Waals surface area (Å²) in [5.74, 6) is 0. The van der Waals surface area contributed by atoms with Gasteiger partial charge in [-0.3, -0.25) is 4.55 Å². The van der Waals surface area contributed by atoms with Gasteiger partial charge < -0.3 is 0 Å². The van der Waals surface area contributed by atoms with Crippen LogP contribution in [0.1, 0.15) is 230 Å². The number of aryl methyl sites for hydroxylation is 2. The molecule has 288 valence electrons. The summed E-state index contributed by atoms with van der Waals surface area (Å²) in [6.45, 7) is 4.57. The van der Waals surface area contributed by atoms with Crippen LogP contribution in [0.15, 0.2) is 35.2 Å². The normalized spacial score (nSPS) is 12.0. The summed E-state index contributed by atoms with van der Waals surface area (Å²) >= 11 is 0. The summed E-state index contributed by atoms with van der Waals surface area (Å²) in [5, 5.41) is 1.58. The number of unbranched alkanes of at least 4 members (excludes halogenated alkanes) is 30. The maximum atomic E-state index is 12.6. The first-order chi connectivity index (χ1) is 24.5. The molecule has 0 heterocycles. The summed E-state index contributed by atoms with van der Waals surface area (Å²) in [5.41, 5.74) is 1.94. The van der Waals surface area contributed by atoms with Gasteiger partial charge in [-0.05, 0) is 48.3 Å². The molecule has 0 radical (unpaired) electrons. The quantitative estimate of drug-likeness (QED) is 0.0572. The van der Waals surface area contributed by atoms with Gasteiger partial charge in [0.1, 0.15) is 4.90 Å². The van der Waals surface area contributed by atoms with Crippen LogP contribution >= 0.6 is 0 Å². The standard InChI is InChI=1S/C46H80O3S/c1-3-5-7-9-11-13-15-17-19-21-23-25-27-29-31-33-35-42-37-38-43-39-40-44(46(45(43)41-42)50(47,48)49)36-34-32-30-28-26-24-22-20-18-16-14-12-10-8-6-4-2/h37-41H,3-36H2,1-2H3,(H,47,48,49). The lowest BCUT2D eigenvalue weighted by Crippen LogP contribution is -2.05. The SMILES string of the molecule is CCCCCCCCCCCCCCCCCCc1ccc2ccc(CCCCCCCCCCCCCCCCCC)c(S(=O)(=O)O)c2c1. The van der Waals surface area contributed by atoms with Gasteiger partial charge in [-0.15, -0.1) is 0 Å². The van der Waals surface area contributed by atoms with Crippen LogP contribution in [0.4, 0.5) is 0 Å². The number of benzene rings is 2. The highest BCUT2D eigenvalue weighted by Crippen LogP contribution is 2.30. The number of hydrogen-bond donors (Lipinski definition) is 1. The highest BCUT2D eigenvalue weighted by Gasteiger charge is 2.19. The molecular formula is C46H80O3S. The third-order valence-electron chi connectivity index (χ3n) is 11.0. The van der Waals surface area contributed by atoms with Crippen molar-refractivity contribution in [3.8, 4) is 0 Å². The Morgan fingerprint density at radius 3 is 1.10 bits per heavy atom. The molecule has 0 aliphatic carbocycles. The first-order valence-corrected chi connectivity index (χ1v) is 23.4. The van der Waals surface area contributed by atoms with Gasteiger partial charge in [0.15, 0.2) is 0 Å². The minimum atomic E-state index is -4.30. The maximum Gasteiger partial charge on any atom is 0.295 e. The van der Waals surface area contributed by atoms with Crippen molar-refractivity contribution in [3.63, 3.8) is 0 Å². The van der Waals surface area contributed by atoms with E-state index in [4.69, 9.17) is 0 Å². The maximum absolute atomic E-state index is 12.6. The van der Waals surface area contributed by atoms with Crippen LogP contribution in [0, 0.1) is 0 Å². The molecule has 0 amide bonds. The molecular weight excluding hydrogens is 633 g/mol. The Balaban J connectivity index is 1.60. The predicted molar refractivity (Wildman–Crippen MR) is 220 cm³/mol. The number of hydrogen-bond acceptors (Lipinski definition) is 2. The zero-order valence-corrected chi connectivity index (χ0v) is 33.9. The van der Waals surface area contributed by atoms with Crippen molar-refractivity contribution in [1.82, 2.24) is 0 Å². The Bertz CT molecular complexity index is 1180. The van der Waals surface area contributed by atoms with Gasteiger partial charge in [0, 0.05) is 5.39 Å². The molecule has 3 nitrogen and oxygen atoms in total. The van der Waals surface area contributed by atoms with Gasteiger partial charge in [0.25, 0.3) is 10.1 Å². The summed E-state index contributed by atoms with van der Waals surface area (Å²) < 4.78 is 35.5. The van der Waals surface area contributed by atoms with E-state index in [9.17, 15) is 13.0 Å². The predicted octanol–water partition coefficient (Wildman–Crippen LogP) is 15.7. The van der Waals surface area contributed by atoms with Crippen LogP contribution in [0.25, 0.3) is 10.8 Å². The van der Waals surface area contributed by atoms with Gasteiger partial charge in [0.05, 0.1) is 0 Å². The number of fused-ring (bicyclic) bond motifs is 1. The first kappa shape index (κ1) is 44.8. The van der Waals surface area contributed by atoms with Crippen molar-refractivity contribution >= 4 is 20.9 Å². The second-order valence-corrected chi connectivity index (χ2v) is 17.0. The zero-order valence-electron chi connectivity index (χ0n) is 33.1. The largest absolute Gasteiger partial charge is 0.295 e. The van der Waals surface area contributed by atoms with E-state index >= 15 is 0 Å². The molecule has 0 aromatic heterocycles. The van der Waals surface area contributed by atoms with Crippen molar-refractivity contribution in [2.24, 2.45) is 0 Å². The van der Waals surface area contributed by atoms with Crippen molar-refractivity contribution < 1.29 is 13.0 Å². The number of rotatable bonds is 35. The highest BCUT2D eigenvalue weighted by molar-refractivity contribution is 7.86. The van der Waals surface area contributed by atoms with E-state index in [1.165, 1.54) is 192 Å². The Hall–Kier alpha value is -1.39.